The Morgan fingerprint density at radius 3 is 2.25 bits per heavy atom. The summed E-state index contributed by atoms with van der Waals surface area (Å²) in [5, 5.41) is 3.49. The lowest BCUT2D eigenvalue weighted by atomic mass is 9.62. The second kappa shape index (κ2) is 17.8. The molecule has 3 aliphatic heterocycles. The first-order chi connectivity index (χ1) is 32.0. The number of aryl methyl sites for hydroxylation is 1. The third kappa shape index (κ3) is 8.68. The van der Waals surface area contributed by atoms with Gasteiger partial charge in [0, 0.05) is 63.4 Å². The van der Waals surface area contributed by atoms with Crippen molar-refractivity contribution < 1.29 is 42.2 Å². The van der Waals surface area contributed by atoms with Crippen LogP contribution in [0.1, 0.15) is 97.4 Å². The maximum absolute atomic E-state index is 15.8. The zero-order valence-corrected chi connectivity index (χ0v) is 39.0. The van der Waals surface area contributed by atoms with E-state index in [4.69, 9.17) is 14.2 Å². The summed E-state index contributed by atoms with van der Waals surface area (Å²) in [7, 11) is 8.77. The smallest absolute Gasteiger partial charge is 0.262 e. The summed E-state index contributed by atoms with van der Waals surface area (Å²) in [5.74, 6) is -3.72. The summed E-state index contributed by atoms with van der Waals surface area (Å²) in [6.07, 6.45) is 11.3. The molecule has 354 valence electrons. The number of nitrogens with one attached hydrogen (secondary N) is 1. The van der Waals surface area contributed by atoms with Crippen LogP contribution in [0, 0.1) is 17.3 Å². The molecule has 4 amide bonds. The maximum atomic E-state index is 15.8. The average molecular weight is 921 g/mol. The van der Waals surface area contributed by atoms with Gasteiger partial charge in [-0.25, -0.2) is 13.8 Å². The highest BCUT2D eigenvalue weighted by molar-refractivity contribution is 6.23. The number of aromatic nitrogens is 2. The molecule has 5 heterocycles. The fourth-order valence-corrected chi connectivity index (χ4v) is 11.4. The fraction of sp³-hybridized carbons (Fsp3) is 0.490. The Bertz CT molecular complexity index is 2720. The number of hydrogen-bond donors (Lipinski definition) is 1. The molecule has 1 spiro atoms. The van der Waals surface area contributed by atoms with Crippen molar-refractivity contribution in [3.05, 3.63) is 87.5 Å². The Balaban J connectivity index is 0.827. The topological polar surface area (TPSA) is 153 Å². The normalized spacial score (nSPS) is 23.1. The van der Waals surface area contributed by atoms with Crippen LogP contribution in [0.5, 0.6) is 17.2 Å². The van der Waals surface area contributed by atoms with Crippen LogP contribution in [0.15, 0.2) is 65.2 Å². The van der Waals surface area contributed by atoms with Gasteiger partial charge in [-0.2, -0.15) is 0 Å². The number of carbonyl (C=O) groups is 4. The number of rotatable bonds is 12. The number of anilines is 1. The van der Waals surface area contributed by atoms with Crippen molar-refractivity contribution in [3.63, 3.8) is 0 Å². The number of methoxy groups -OCH3 is 2. The van der Waals surface area contributed by atoms with Gasteiger partial charge in [0.05, 0.1) is 42.4 Å². The molecule has 2 aromatic carbocycles. The van der Waals surface area contributed by atoms with Gasteiger partial charge >= 0.3 is 0 Å². The van der Waals surface area contributed by atoms with Crippen LogP contribution in [-0.4, -0.2) is 102 Å². The van der Waals surface area contributed by atoms with E-state index < -0.39 is 41.5 Å². The molecule has 2 unspecified atom stereocenters. The van der Waals surface area contributed by atoms with E-state index in [0.717, 1.165) is 77.4 Å². The minimum absolute atomic E-state index is 0.0325. The lowest BCUT2D eigenvalue weighted by Gasteiger charge is -2.47. The molecule has 16 heteroatoms. The number of piperidine rings is 2. The van der Waals surface area contributed by atoms with E-state index in [1.165, 1.54) is 0 Å². The Hall–Kier alpha value is -6.16. The number of nitrogens with zero attached hydrogens (tertiary/aromatic N) is 5. The van der Waals surface area contributed by atoms with Crippen LogP contribution in [0.3, 0.4) is 0 Å². The zero-order valence-electron chi connectivity index (χ0n) is 39.0. The Labute approximate surface area is 388 Å². The van der Waals surface area contributed by atoms with E-state index in [0.29, 0.717) is 61.5 Å². The van der Waals surface area contributed by atoms with E-state index in [-0.39, 0.29) is 47.0 Å². The Morgan fingerprint density at radius 2 is 1.60 bits per heavy atom. The summed E-state index contributed by atoms with van der Waals surface area (Å²) in [5.41, 5.74) is 3.56. The van der Waals surface area contributed by atoms with E-state index in [1.807, 2.05) is 43.4 Å². The molecule has 2 aliphatic carbocycles. The van der Waals surface area contributed by atoms with Crippen LogP contribution in [0.4, 0.5) is 14.6 Å². The van der Waals surface area contributed by atoms with Crippen LogP contribution in [0.2, 0.25) is 0 Å². The van der Waals surface area contributed by atoms with Gasteiger partial charge in [-0.1, -0.05) is 11.6 Å². The maximum Gasteiger partial charge on any atom is 0.262 e. The summed E-state index contributed by atoms with van der Waals surface area (Å²) in [6, 6.07) is 9.57. The number of carbonyl (C=O) groups excluding carboxylic acids is 4. The van der Waals surface area contributed by atoms with Crippen molar-refractivity contribution >= 4 is 40.2 Å². The van der Waals surface area contributed by atoms with Crippen molar-refractivity contribution in [1.29, 1.82) is 0 Å². The molecule has 0 radical (unpaired) electrons. The molecular weight excluding hydrogens is 863 g/mol. The highest BCUT2D eigenvalue weighted by atomic mass is 19.3. The third-order valence-corrected chi connectivity index (χ3v) is 14.9. The van der Waals surface area contributed by atoms with Crippen molar-refractivity contribution in [3.8, 4) is 28.4 Å². The number of benzene rings is 2. The largest absolute Gasteiger partial charge is 0.496 e. The summed E-state index contributed by atoms with van der Waals surface area (Å²) in [4.78, 5) is 73.4. The molecule has 2 atom stereocenters. The minimum Gasteiger partial charge on any atom is -0.496 e. The number of alkyl halides is 2. The molecule has 1 N–H and O–H groups in total. The molecule has 0 bridgehead atoms. The fourth-order valence-electron chi connectivity index (χ4n) is 11.4. The quantitative estimate of drug-likeness (QED) is 0.113. The third-order valence-electron chi connectivity index (χ3n) is 14.9. The van der Waals surface area contributed by atoms with Crippen molar-refractivity contribution in [2.75, 3.05) is 46.3 Å². The summed E-state index contributed by atoms with van der Waals surface area (Å²) < 4.78 is 51.5. The van der Waals surface area contributed by atoms with E-state index >= 15 is 8.78 Å². The number of amides is 4. The van der Waals surface area contributed by atoms with Gasteiger partial charge in [-0.15, -0.1) is 0 Å². The second-order valence-corrected chi connectivity index (χ2v) is 19.5. The van der Waals surface area contributed by atoms with Crippen molar-refractivity contribution in [2.24, 2.45) is 24.3 Å². The number of imide groups is 2. The van der Waals surface area contributed by atoms with Crippen LogP contribution in [0.25, 0.3) is 21.9 Å². The second-order valence-electron chi connectivity index (χ2n) is 19.5. The number of hydrogen-bond acceptors (Lipinski definition) is 11. The molecule has 3 fully saturated rings. The predicted octanol–water partition coefficient (Wildman–Crippen LogP) is 7.30. The number of likely N-dealkylation sites (tertiary alicyclic amines) is 1. The lowest BCUT2D eigenvalue weighted by molar-refractivity contribution is -0.136. The molecule has 1 saturated carbocycles. The van der Waals surface area contributed by atoms with Gasteiger partial charge < -0.3 is 23.7 Å². The van der Waals surface area contributed by atoms with Gasteiger partial charge in [0.15, 0.2) is 0 Å². The predicted molar refractivity (Wildman–Crippen MR) is 248 cm³/mol. The van der Waals surface area contributed by atoms with E-state index in [1.54, 1.807) is 50.2 Å². The van der Waals surface area contributed by atoms with E-state index in [9.17, 15) is 24.0 Å². The van der Waals surface area contributed by atoms with Crippen molar-refractivity contribution in [1.82, 2.24) is 24.7 Å². The number of ether oxygens (including phenoxy) is 3. The average Bonchev–Trinajstić information content (AvgIpc) is 3.38. The molecule has 5 aliphatic rings. The summed E-state index contributed by atoms with van der Waals surface area (Å²) >= 11 is 0. The number of halogens is 2. The molecule has 2 saturated heterocycles. The van der Waals surface area contributed by atoms with Gasteiger partial charge in [0.25, 0.3) is 23.3 Å². The molecule has 9 rings (SSSR count). The minimum atomic E-state index is -2.89. The summed E-state index contributed by atoms with van der Waals surface area (Å²) in [6.45, 7) is 2.88. The number of pyridine rings is 2. The number of allylic oxidation sites excluding steroid dienone is 2. The Morgan fingerprint density at radius 1 is 0.896 bits per heavy atom. The van der Waals surface area contributed by atoms with Gasteiger partial charge in [0.2, 0.25) is 11.8 Å². The first-order valence-corrected chi connectivity index (χ1v) is 23.2. The molecule has 4 aromatic rings. The lowest BCUT2D eigenvalue weighted by Crippen LogP contribution is -2.54. The first kappa shape index (κ1) is 46.0. The molecule has 67 heavy (non-hydrogen) atoms. The molecule has 14 nitrogen and oxygen atoms in total. The number of fused-ring (bicyclic) bond motifs is 2. The van der Waals surface area contributed by atoms with Gasteiger partial charge in [0.1, 0.15) is 29.1 Å². The van der Waals surface area contributed by atoms with E-state index in [2.05, 4.69) is 21.3 Å². The van der Waals surface area contributed by atoms with Crippen molar-refractivity contribution in [2.45, 2.75) is 95.7 Å². The highest BCUT2D eigenvalue weighted by Gasteiger charge is 2.49. The SMILES string of the molecule is COc1cc(-c2cn(C)c(=O)c3cnc(N(C)C)cc23)cc(OC)c1CN1CCC(C(C2=CCCC3(CC2)CC(Oc2ccc4c(c2)C(=O)N(C2CCC(=O)NC2=O)C4=O)C3)C(C)(F)F)CC1. The highest BCUT2D eigenvalue weighted by Crippen LogP contribution is 2.54. The Kier molecular flexibility index (Phi) is 12.2. The standard InChI is InChI=1S/C51H58F2N6O8/c1-50(52,53)45(29-8-7-16-51(17-13-29)24-33(25-51)67-32-9-10-34-36(22-32)49(64)59(48(34)63)40-11-12-44(60)55-46(40)61)30-14-18-58(19-15-30)28-39-41(65-5)20-31(21-42(39)66-6)38-27-57(4)47(62)37-26-54-43(56(2)3)23-35(37)38/h8-10,20-23,26-27,30,33,40,45H,7,11-19,24-25,28H2,1-6H3,(H,55,60,61). The molecule has 2 aromatic heterocycles. The van der Waals surface area contributed by atoms with Gasteiger partial charge in [-0.3, -0.25) is 39.1 Å². The molecular formula is C51H58F2N6O8. The first-order valence-electron chi connectivity index (χ1n) is 23.2. The van der Waals surface area contributed by atoms with Gasteiger partial charge in [-0.05, 0) is 131 Å². The van der Waals surface area contributed by atoms with Crippen LogP contribution < -0.4 is 30.0 Å². The van der Waals surface area contributed by atoms with Crippen LogP contribution >= 0.6 is 0 Å². The monoisotopic (exact) mass is 920 g/mol. The zero-order chi connectivity index (χ0) is 47.5. The van der Waals surface area contributed by atoms with Crippen LogP contribution in [-0.2, 0) is 23.2 Å².